The Morgan fingerprint density at radius 2 is 2.00 bits per heavy atom. The molecule has 0 radical (unpaired) electrons. The van der Waals surface area contributed by atoms with Gasteiger partial charge in [0.2, 0.25) is 0 Å². The van der Waals surface area contributed by atoms with Crippen molar-refractivity contribution in [1.29, 1.82) is 0 Å². The van der Waals surface area contributed by atoms with Crippen molar-refractivity contribution in [2.24, 2.45) is 0 Å². The number of nitrogens with one attached hydrogen (secondary N) is 2. The molecule has 2 aromatic rings. The molecule has 2 N–H and O–H groups in total. The average molecular weight is 242 g/mol. The molecule has 0 atom stereocenters. The average Bonchev–Trinajstić information content (AvgIpc) is 2.83. The van der Waals surface area contributed by atoms with Crippen molar-refractivity contribution in [3.8, 4) is 0 Å². The van der Waals surface area contributed by atoms with E-state index in [0.717, 1.165) is 12.3 Å². The summed E-state index contributed by atoms with van der Waals surface area (Å²) < 4.78 is 38.7. The number of benzene rings is 1. The molecule has 0 fully saturated rings. The van der Waals surface area contributed by atoms with Crippen molar-refractivity contribution in [3.05, 3.63) is 41.5 Å². The number of amides is 1. The van der Waals surface area contributed by atoms with Gasteiger partial charge in [-0.15, -0.1) is 0 Å². The standard InChI is InChI=1S/C9H5F3N4O/c10-4-1-2-5(8(12)7(4)11)14-9(17)6-3-13-16-15-6/h1-3H,(H,14,17)(H,13,15,16). The molecule has 1 heterocycles. The Morgan fingerprint density at radius 1 is 1.24 bits per heavy atom. The van der Waals surface area contributed by atoms with Crippen LogP contribution in [0.2, 0.25) is 0 Å². The van der Waals surface area contributed by atoms with Gasteiger partial charge in [-0.2, -0.15) is 15.4 Å². The zero-order valence-electron chi connectivity index (χ0n) is 8.17. The molecule has 0 aliphatic carbocycles. The quantitative estimate of drug-likeness (QED) is 0.783. The van der Waals surface area contributed by atoms with E-state index in [1.54, 1.807) is 0 Å². The normalized spacial score (nSPS) is 10.3. The molecule has 0 aliphatic rings. The molecular weight excluding hydrogens is 237 g/mol. The van der Waals surface area contributed by atoms with Gasteiger partial charge < -0.3 is 5.32 Å². The second kappa shape index (κ2) is 4.24. The third-order valence-corrected chi connectivity index (χ3v) is 1.93. The van der Waals surface area contributed by atoms with Gasteiger partial charge in [-0.05, 0) is 12.1 Å². The van der Waals surface area contributed by atoms with Gasteiger partial charge in [0.15, 0.2) is 23.1 Å². The third kappa shape index (κ3) is 2.10. The van der Waals surface area contributed by atoms with Crippen LogP contribution in [-0.4, -0.2) is 21.3 Å². The fraction of sp³-hybridized carbons (Fsp3) is 0. The predicted molar refractivity (Wildman–Crippen MR) is 50.7 cm³/mol. The minimum atomic E-state index is -1.65. The number of aromatic nitrogens is 3. The number of rotatable bonds is 2. The van der Waals surface area contributed by atoms with Crippen molar-refractivity contribution in [3.63, 3.8) is 0 Å². The number of nitrogens with zero attached hydrogens (tertiary/aromatic N) is 2. The van der Waals surface area contributed by atoms with Gasteiger partial charge in [-0.1, -0.05) is 0 Å². The summed E-state index contributed by atoms with van der Waals surface area (Å²) in [6, 6.07) is 1.61. The molecule has 0 saturated carbocycles. The summed E-state index contributed by atoms with van der Waals surface area (Å²) in [4.78, 5) is 11.4. The topological polar surface area (TPSA) is 70.7 Å². The molecule has 0 bridgehead atoms. The maximum Gasteiger partial charge on any atom is 0.277 e. The molecule has 0 saturated heterocycles. The molecule has 1 aromatic carbocycles. The highest BCUT2D eigenvalue weighted by molar-refractivity contribution is 6.02. The monoisotopic (exact) mass is 242 g/mol. The highest BCUT2D eigenvalue weighted by atomic mass is 19.2. The Kier molecular flexibility index (Phi) is 2.77. The lowest BCUT2D eigenvalue weighted by atomic mass is 10.2. The number of hydrogen-bond acceptors (Lipinski definition) is 3. The number of halogens is 3. The first-order valence-electron chi connectivity index (χ1n) is 4.40. The molecule has 0 spiro atoms. The molecule has 8 heteroatoms. The second-order valence-corrected chi connectivity index (χ2v) is 3.03. The van der Waals surface area contributed by atoms with Crippen molar-refractivity contribution < 1.29 is 18.0 Å². The van der Waals surface area contributed by atoms with Crippen molar-refractivity contribution in [2.75, 3.05) is 5.32 Å². The molecular formula is C9H5F3N4O. The van der Waals surface area contributed by atoms with Crippen molar-refractivity contribution in [1.82, 2.24) is 15.4 Å². The van der Waals surface area contributed by atoms with E-state index >= 15 is 0 Å². The van der Waals surface area contributed by atoms with Crippen LogP contribution in [0, 0.1) is 17.5 Å². The number of anilines is 1. The summed E-state index contributed by atoms with van der Waals surface area (Å²) in [5.41, 5.74) is -0.578. The Morgan fingerprint density at radius 3 is 2.65 bits per heavy atom. The van der Waals surface area contributed by atoms with Crippen LogP contribution in [-0.2, 0) is 0 Å². The van der Waals surface area contributed by atoms with Gasteiger partial charge in [0.1, 0.15) is 0 Å². The van der Waals surface area contributed by atoms with Crippen LogP contribution in [0.25, 0.3) is 0 Å². The first kappa shape index (κ1) is 11.1. The predicted octanol–water partition coefficient (Wildman–Crippen LogP) is 1.47. The maximum atomic E-state index is 13.2. The molecule has 0 unspecified atom stereocenters. The number of aromatic amines is 1. The van der Waals surface area contributed by atoms with Crippen LogP contribution in [0.15, 0.2) is 18.3 Å². The van der Waals surface area contributed by atoms with Crippen LogP contribution < -0.4 is 5.32 Å². The summed E-state index contributed by atoms with van der Waals surface area (Å²) in [5, 5.41) is 11.0. The Labute approximate surface area is 92.6 Å². The van der Waals surface area contributed by atoms with Crippen LogP contribution >= 0.6 is 0 Å². The first-order valence-corrected chi connectivity index (χ1v) is 4.40. The van der Waals surface area contributed by atoms with Crippen LogP contribution in [0.3, 0.4) is 0 Å². The first-order chi connectivity index (χ1) is 8.09. The molecule has 1 amide bonds. The summed E-state index contributed by atoms with van der Waals surface area (Å²) in [6.07, 6.45) is 1.10. The largest absolute Gasteiger partial charge is 0.318 e. The molecule has 1 aromatic heterocycles. The molecule has 17 heavy (non-hydrogen) atoms. The lowest BCUT2D eigenvalue weighted by Crippen LogP contribution is -2.14. The van der Waals surface area contributed by atoms with Gasteiger partial charge in [0, 0.05) is 0 Å². The summed E-state index contributed by atoms with van der Waals surface area (Å²) in [7, 11) is 0. The van der Waals surface area contributed by atoms with Gasteiger partial charge in [-0.3, -0.25) is 4.79 Å². The fourth-order valence-electron chi connectivity index (χ4n) is 1.12. The van der Waals surface area contributed by atoms with E-state index in [2.05, 4.69) is 15.4 Å². The molecule has 88 valence electrons. The summed E-state index contributed by atoms with van der Waals surface area (Å²) in [5.74, 6) is -5.24. The lowest BCUT2D eigenvalue weighted by molar-refractivity contribution is 0.102. The van der Waals surface area contributed by atoms with Crippen LogP contribution in [0.5, 0.6) is 0 Å². The molecule has 5 nitrogen and oxygen atoms in total. The van der Waals surface area contributed by atoms with Gasteiger partial charge in [0.05, 0.1) is 11.9 Å². The zero-order chi connectivity index (χ0) is 12.4. The lowest BCUT2D eigenvalue weighted by Gasteiger charge is -2.05. The van der Waals surface area contributed by atoms with Gasteiger partial charge >= 0.3 is 0 Å². The Balaban J connectivity index is 2.25. The minimum Gasteiger partial charge on any atom is -0.318 e. The fourth-order valence-corrected chi connectivity index (χ4v) is 1.12. The highest BCUT2D eigenvalue weighted by Gasteiger charge is 2.16. The van der Waals surface area contributed by atoms with E-state index in [1.165, 1.54) is 0 Å². The zero-order valence-corrected chi connectivity index (χ0v) is 8.17. The van der Waals surface area contributed by atoms with Crippen LogP contribution in [0.4, 0.5) is 18.9 Å². The van der Waals surface area contributed by atoms with E-state index in [9.17, 15) is 18.0 Å². The summed E-state index contributed by atoms with van der Waals surface area (Å²) >= 11 is 0. The smallest absolute Gasteiger partial charge is 0.277 e. The van der Waals surface area contributed by atoms with Crippen molar-refractivity contribution in [2.45, 2.75) is 0 Å². The summed E-state index contributed by atoms with van der Waals surface area (Å²) in [6.45, 7) is 0. The van der Waals surface area contributed by atoms with Crippen molar-refractivity contribution >= 4 is 11.6 Å². The number of H-pyrrole nitrogens is 1. The van der Waals surface area contributed by atoms with E-state index in [1.807, 2.05) is 5.32 Å². The van der Waals surface area contributed by atoms with E-state index in [0.29, 0.717) is 6.07 Å². The third-order valence-electron chi connectivity index (χ3n) is 1.93. The molecule has 0 aliphatic heterocycles. The van der Waals surface area contributed by atoms with Gasteiger partial charge in [0.25, 0.3) is 5.91 Å². The minimum absolute atomic E-state index is 0.103. The number of carbonyl (C=O) groups is 1. The second-order valence-electron chi connectivity index (χ2n) is 3.03. The SMILES string of the molecule is O=C(Nc1ccc(F)c(F)c1F)c1cn[nH]n1. The van der Waals surface area contributed by atoms with Gasteiger partial charge in [-0.25, -0.2) is 13.2 Å². The Hall–Kier alpha value is -2.38. The van der Waals surface area contributed by atoms with E-state index < -0.39 is 29.0 Å². The van der Waals surface area contributed by atoms with E-state index in [4.69, 9.17) is 0 Å². The molecule has 2 rings (SSSR count). The number of carbonyl (C=O) groups excluding carboxylic acids is 1. The highest BCUT2D eigenvalue weighted by Crippen LogP contribution is 2.19. The van der Waals surface area contributed by atoms with Crippen LogP contribution in [0.1, 0.15) is 10.5 Å². The Bertz CT molecular complexity index is 556. The maximum absolute atomic E-state index is 13.2. The number of hydrogen-bond donors (Lipinski definition) is 2. The van der Waals surface area contributed by atoms with E-state index in [-0.39, 0.29) is 5.69 Å².